The molecule has 1 heterocycles. The zero-order valence-electron chi connectivity index (χ0n) is 12.9. The molecule has 1 aliphatic rings. The molecular weight excluding hydrogens is 312 g/mol. The van der Waals surface area contributed by atoms with E-state index in [2.05, 4.69) is 71.2 Å². The Kier molecular flexibility index (Phi) is 6.06. The highest BCUT2D eigenvalue weighted by atomic mass is 79.9. The summed E-state index contributed by atoms with van der Waals surface area (Å²) in [7, 11) is 0. The average molecular weight is 339 g/mol. The molecule has 1 aromatic rings. The summed E-state index contributed by atoms with van der Waals surface area (Å²) in [6.45, 7) is 10.6. The molecule has 0 radical (unpaired) electrons. The van der Waals surface area contributed by atoms with Crippen molar-refractivity contribution >= 4 is 15.9 Å². The van der Waals surface area contributed by atoms with Gasteiger partial charge in [-0.3, -0.25) is 0 Å². The fourth-order valence-electron chi connectivity index (χ4n) is 3.17. The second-order valence-corrected chi connectivity index (χ2v) is 6.92. The van der Waals surface area contributed by atoms with Crippen molar-refractivity contribution in [1.29, 1.82) is 0 Å². The van der Waals surface area contributed by atoms with Gasteiger partial charge in [0.05, 0.1) is 0 Å². The predicted molar refractivity (Wildman–Crippen MR) is 90.0 cm³/mol. The van der Waals surface area contributed by atoms with Gasteiger partial charge in [-0.1, -0.05) is 35.0 Å². The number of nitrogens with zero attached hydrogens (tertiary/aromatic N) is 1. The van der Waals surface area contributed by atoms with E-state index in [1.807, 2.05) is 0 Å². The van der Waals surface area contributed by atoms with E-state index in [1.54, 1.807) is 0 Å². The first-order chi connectivity index (χ1) is 9.60. The summed E-state index contributed by atoms with van der Waals surface area (Å²) >= 11 is 3.55. The van der Waals surface area contributed by atoms with Crippen LogP contribution in [0.2, 0.25) is 0 Å². The average Bonchev–Trinajstić information content (AvgIpc) is 2.47. The van der Waals surface area contributed by atoms with Gasteiger partial charge in [0.25, 0.3) is 0 Å². The summed E-state index contributed by atoms with van der Waals surface area (Å²) in [4.78, 5) is 2.56. The second kappa shape index (κ2) is 7.58. The van der Waals surface area contributed by atoms with Crippen LogP contribution in [0.3, 0.4) is 0 Å². The van der Waals surface area contributed by atoms with Crippen molar-refractivity contribution in [3.8, 4) is 0 Å². The van der Waals surface area contributed by atoms with E-state index in [-0.39, 0.29) is 0 Å². The smallest absolute Gasteiger partial charge is 0.0294 e. The Labute approximate surface area is 132 Å². The lowest BCUT2D eigenvalue weighted by molar-refractivity contribution is 0.165. The molecule has 1 unspecified atom stereocenters. The van der Waals surface area contributed by atoms with Crippen LogP contribution in [0.1, 0.15) is 45.2 Å². The molecule has 0 spiro atoms. The highest BCUT2D eigenvalue weighted by Crippen LogP contribution is 2.24. The summed E-state index contributed by atoms with van der Waals surface area (Å²) < 4.78 is 1.16. The zero-order chi connectivity index (χ0) is 14.5. The van der Waals surface area contributed by atoms with Gasteiger partial charge in [0.2, 0.25) is 0 Å². The normalized spacial score (nSPS) is 20.8. The SMILES string of the molecule is CCN1CCC(C(C)N[C@H](C)c2cccc(Br)c2)CC1. The highest BCUT2D eigenvalue weighted by Gasteiger charge is 2.24. The second-order valence-electron chi connectivity index (χ2n) is 6.00. The van der Waals surface area contributed by atoms with Crippen LogP contribution in [-0.4, -0.2) is 30.6 Å². The van der Waals surface area contributed by atoms with Gasteiger partial charge in [0.15, 0.2) is 0 Å². The number of piperidine rings is 1. The van der Waals surface area contributed by atoms with E-state index in [9.17, 15) is 0 Å². The molecule has 2 rings (SSSR count). The zero-order valence-corrected chi connectivity index (χ0v) is 14.5. The maximum Gasteiger partial charge on any atom is 0.0294 e. The Morgan fingerprint density at radius 3 is 2.60 bits per heavy atom. The lowest BCUT2D eigenvalue weighted by atomic mass is 9.89. The summed E-state index contributed by atoms with van der Waals surface area (Å²) in [5.74, 6) is 0.812. The molecule has 20 heavy (non-hydrogen) atoms. The Morgan fingerprint density at radius 2 is 2.00 bits per heavy atom. The molecule has 112 valence electrons. The maximum absolute atomic E-state index is 3.79. The van der Waals surface area contributed by atoms with Crippen molar-refractivity contribution < 1.29 is 0 Å². The molecule has 2 atom stereocenters. The molecule has 1 aliphatic heterocycles. The molecule has 2 nitrogen and oxygen atoms in total. The molecule has 0 aromatic heterocycles. The number of likely N-dealkylation sites (tertiary alicyclic amines) is 1. The van der Waals surface area contributed by atoms with Crippen LogP contribution in [-0.2, 0) is 0 Å². The first-order valence-corrected chi connectivity index (χ1v) is 8.63. The van der Waals surface area contributed by atoms with Crippen molar-refractivity contribution in [3.63, 3.8) is 0 Å². The van der Waals surface area contributed by atoms with Gasteiger partial charge >= 0.3 is 0 Å². The lowest BCUT2D eigenvalue weighted by Crippen LogP contribution is -2.42. The summed E-state index contributed by atoms with van der Waals surface area (Å²) in [6.07, 6.45) is 2.65. The van der Waals surface area contributed by atoms with Crippen molar-refractivity contribution in [1.82, 2.24) is 10.2 Å². The Bertz CT molecular complexity index is 413. The molecule has 1 saturated heterocycles. The molecular formula is C17H27BrN2. The van der Waals surface area contributed by atoms with Crippen LogP contribution in [0.5, 0.6) is 0 Å². The van der Waals surface area contributed by atoms with Crippen LogP contribution in [0.15, 0.2) is 28.7 Å². The quantitative estimate of drug-likeness (QED) is 0.864. The van der Waals surface area contributed by atoms with Crippen LogP contribution in [0.4, 0.5) is 0 Å². The fourth-order valence-corrected chi connectivity index (χ4v) is 3.59. The summed E-state index contributed by atoms with van der Waals surface area (Å²) in [5.41, 5.74) is 1.36. The molecule has 3 heteroatoms. The molecule has 1 aromatic carbocycles. The van der Waals surface area contributed by atoms with Gasteiger partial charge in [-0.2, -0.15) is 0 Å². The van der Waals surface area contributed by atoms with Crippen LogP contribution in [0.25, 0.3) is 0 Å². The largest absolute Gasteiger partial charge is 0.307 e. The third kappa shape index (κ3) is 4.31. The standard InChI is InChI=1S/C17H27BrN2/c1-4-20-10-8-15(9-11-20)13(2)19-14(3)16-6-5-7-17(18)12-16/h5-7,12-15,19H,4,8-11H2,1-3H3/t13?,14-/m1/s1. The number of nitrogens with one attached hydrogen (secondary N) is 1. The Hall–Kier alpha value is -0.380. The number of halogens is 1. The van der Waals surface area contributed by atoms with Crippen LogP contribution >= 0.6 is 15.9 Å². The number of benzene rings is 1. The van der Waals surface area contributed by atoms with Gasteiger partial charge in [-0.25, -0.2) is 0 Å². The van der Waals surface area contributed by atoms with Gasteiger partial charge in [0, 0.05) is 16.6 Å². The van der Waals surface area contributed by atoms with E-state index < -0.39 is 0 Å². The monoisotopic (exact) mass is 338 g/mol. The van der Waals surface area contributed by atoms with Gasteiger partial charge < -0.3 is 10.2 Å². The number of hydrogen-bond acceptors (Lipinski definition) is 2. The number of hydrogen-bond donors (Lipinski definition) is 1. The minimum absolute atomic E-state index is 0.409. The third-order valence-electron chi connectivity index (χ3n) is 4.65. The van der Waals surface area contributed by atoms with Crippen molar-refractivity contribution in [3.05, 3.63) is 34.3 Å². The van der Waals surface area contributed by atoms with Crippen molar-refractivity contribution in [2.45, 2.75) is 45.7 Å². The minimum Gasteiger partial charge on any atom is -0.307 e. The Morgan fingerprint density at radius 1 is 1.30 bits per heavy atom. The molecule has 0 amide bonds. The van der Waals surface area contributed by atoms with E-state index >= 15 is 0 Å². The van der Waals surface area contributed by atoms with E-state index in [1.165, 1.54) is 38.0 Å². The molecule has 0 saturated carbocycles. The third-order valence-corrected chi connectivity index (χ3v) is 5.14. The molecule has 0 aliphatic carbocycles. The van der Waals surface area contributed by atoms with Crippen LogP contribution in [0, 0.1) is 5.92 Å². The van der Waals surface area contributed by atoms with E-state index in [0.29, 0.717) is 12.1 Å². The topological polar surface area (TPSA) is 15.3 Å². The van der Waals surface area contributed by atoms with Crippen molar-refractivity contribution in [2.75, 3.05) is 19.6 Å². The highest BCUT2D eigenvalue weighted by molar-refractivity contribution is 9.10. The molecule has 0 bridgehead atoms. The minimum atomic E-state index is 0.409. The van der Waals surface area contributed by atoms with E-state index in [0.717, 1.165) is 10.4 Å². The lowest BCUT2D eigenvalue weighted by Gasteiger charge is -2.35. The molecule has 1 N–H and O–H groups in total. The Balaban J connectivity index is 1.86. The van der Waals surface area contributed by atoms with Crippen LogP contribution < -0.4 is 5.32 Å². The first-order valence-electron chi connectivity index (χ1n) is 7.84. The predicted octanol–water partition coefficient (Wildman–Crippen LogP) is 4.22. The summed E-state index contributed by atoms with van der Waals surface area (Å²) in [6, 6.07) is 9.61. The van der Waals surface area contributed by atoms with Gasteiger partial charge in [0.1, 0.15) is 0 Å². The molecule has 1 fully saturated rings. The summed E-state index contributed by atoms with van der Waals surface area (Å²) in [5, 5.41) is 3.79. The van der Waals surface area contributed by atoms with Crippen molar-refractivity contribution in [2.24, 2.45) is 5.92 Å². The van der Waals surface area contributed by atoms with Gasteiger partial charge in [-0.15, -0.1) is 0 Å². The van der Waals surface area contributed by atoms with E-state index in [4.69, 9.17) is 0 Å². The van der Waals surface area contributed by atoms with Gasteiger partial charge in [-0.05, 0) is 69.9 Å². The maximum atomic E-state index is 3.79. The fraction of sp³-hybridized carbons (Fsp3) is 0.647. The number of rotatable bonds is 5. The first kappa shape index (κ1) is 16.0.